The van der Waals surface area contributed by atoms with E-state index >= 15 is 0 Å². The van der Waals surface area contributed by atoms with Crippen molar-refractivity contribution in [2.45, 2.75) is 18.5 Å². The average Bonchev–Trinajstić information content (AvgIpc) is 2.86. The topological polar surface area (TPSA) is 55.1 Å². The first-order chi connectivity index (χ1) is 7.08. The SMILES string of the molecule is NC1CC1NC(=O)c1cc(I)ccc1Br. The zero-order valence-electron chi connectivity index (χ0n) is 7.84. The molecule has 0 heterocycles. The Morgan fingerprint density at radius 1 is 1.60 bits per heavy atom. The van der Waals surface area contributed by atoms with Gasteiger partial charge >= 0.3 is 0 Å². The third-order valence-corrected chi connectivity index (χ3v) is 3.69. The van der Waals surface area contributed by atoms with E-state index in [1.807, 2.05) is 18.2 Å². The van der Waals surface area contributed by atoms with Gasteiger partial charge in [0.25, 0.3) is 5.91 Å². The van der Waals surface area contributed by atoms with Crippen LogP contribution in [0.3, 0.4) is 0 Å². The maximum atomic E-state index is 11.8. The molecule has 1 aliphatic rings. The highest BCUT2D eigenvalue weighted by Crippen LogP contribution is 2.22. The molecular weight excluding hydrogens is 371 g/mol. The van der Waals surface area contributed by atoms with Crippen molar-refractivity contribution in [3.63, 3.8) is 0 Å². The molecule has 1 aromatic carbocycles. The maximum Gasteiger partial charge on any atom is 0.252 e. The van der Waals surface area contributed by atoms with Gasteiger partial charge in [-0.05, 0) is 63.1 Å². The van der Waals surface area contributed by atoms with Crippen LogP contribution in [0.4, 0.5) is 0 Å². The van der Waals surface area contributed by atoms with E-state index in [-0.39, 0.29) is 18.0 Å². The van der Waals surface area contributed by atoms with Gasteiger partial charge in [-0.25, -0.2) is 0 Å². The molecule has 0 aliphatic heterocycles. The van der Waals surface area contributed by atoms with Crippen molar-refractivity contribution in [2.24, 2.45) is 5.73 Å². The fourth-order valence-electron chi connectivity index (χ4n) is 1.30. The fourth-order valence-corrected chi connectivity index (χ4v) is 2.22. The summed E-state index contributed by atoms with van der Waals surface area (Å²) < 4.78 is 1.86. The third kappa shape index (κ3) is 2.70. The first-order valence-corrected chi connectivity index (χ1v) is 6.46. The molecule has 2 rings (SSSR count). The van der Waals surface area contributed by atoms with Gasteiger partial charge in [-0.1, -0.05) is 0 Å². The number of carbonyl (C=O) groups is 1. The number of nitrogens with one attached hydrogen (secondary N) is 1. The van der Waals surface area contributed by atoms with Crippen LogP contribution in [-0.2, 0) is 0 Å². The molecule has 3 N–H and O–H groups in total. The fraction of sp³-hybridized carbons (Fsp3) is 0.300. The van der Waals surface area contributed by atoms with Gasteiger partial charge in [0.05, 0.1) is 5.56 Å². The number of hydrogen-bond donors (Lipinski definition) is 2. The summed E-state index contributed by atoms with van der Waals surface area (Å²) in [6.07, 6.45) is 0.882. The largest absolute Gasteiger partial charge is 0.348 e. The number of benzene rings is 1. The van der Waals surface area contributed by atoms with E-state index in [9.17, 15) is 4.79 Å². The van der Waals surface area contributed by atoms with Crippen molar-refractivity contribution in [2.75, 3.05) is 0 Å². The Bertz CT molecular complexity index is 410. The molecule has 0 aromatic heterocycles. The molecule has 0 saturated heterocycles. The van der Waals surface area contributed by atoms with Crippen molar-refractivity contribution < 1.29 is 4.79 Å². The minimum absolute atomic E-state index is 0.0571. The second kappa shape index (κ2) is 4.39. The van der Waals surface area contributed by atoms with Gasteiger partial charge in [0.1, 0.15) is 0 Å². The quantitative estimate of drug-likeness (QED) is 0.770. The summed E-state index contributed by atoms with van der Waals surface area (Å²) in [6, 6.07) is 5.97. The Morgan fingerprint density at radius 3 is 2.87 bits per heavy atom. The Morgan fingerprint density at radius 2 is 2.27 bits per heavy atom. The second-order valence-corrected chi connectivity index (χ2v) is 5.70. The minimum atomic E-state index is -0.0571. The van der Waals surface area contributed by atoms with Crippen molar-refractivity contribution in [1.29, 1.82) is 0 Å². The van der Waals surface area contributed by atoms with E-state index in [2.05, 4.69) is 43.8 Å². The van der Waals surface area contributed by atoms with Crippen molar-refractivity contribution in [1.82, 2.24) is 5.32 Å². The molecule has 3 nitrogen and oxygen atoms in total. The zero-order chi connectivity index (χ0) is 11.0. The smallest absolute Gasteiger partial charge is 0.252 e. The monoisotopic (exact) mass is 380 g/mol. The minimum Gasteiger partial charge on any atom is -0.348 e. The van der Waals surface area contributed by atoms with Crippen LogP contribution in [0, 0.1) is 3.57 Å². The van der Waals surface area contributed by atoms with Crippen molar-refractivity contribution in [3.8, 4) is 0 Å². The Balaban J connectivity index is 2.14. The van der Waals surface area contributed by atoms with E-state index in [0.717, 1.165) is 14.5 Å². The van der Waals surface area contributed by atoms with E-state index < -0.39 is 0 Å². The predicted molar refractivity (Wildman–Crippen MR) is 70.7 cm³/mol. The van der Waals surface area contributed by atoms with E-state index in [1.54, 1.807) is 0 Å². The van der Waals surface area contributed by atoms with Crippen LogP contribution in [0.2, 0.25) is 0 Å². The lowest BCUT2D eigenvalue weighted by Crippen LogP contribution is -2.29. The molecule has 15 heavy (non-hydrogen) atoms. The number of halogens is 2. The molecule has 1 saturated carbocycles. The van der Waals surface area contributed by atoms with Gasteiger partial charge in [-0.2, -0.15) is 0 Å². The number of amides is 1. The van der Waals surface area contributed by atoms with E-state index in [4.69, 9.17) is 5.73 Å². The molecule has 0 bridgehead atoms. The Kier molecular flexibility index (Phi) is 3.32. The van der Waals surface area contributed by atoms with Crippen molar-refractivity contribution in [3.05, 3.63) is 31.8 Å². The lowest BCUT2D eigenvalue weighted by molar-refractivity contribution is 0.0949. The first-order valence-electron chi connectivity index (χ1n) is 4.59. The molecule has 5 heteroatoms. The second-order valence-electron chi connectivity index (χ2n) is 3.60. The molecule has 1 fully saturated rings. The molecule has 1 aromatic rings. The summed E-state index contributed by atoms with van der Waals surface area (Å²) in [5, 5.41) is 2.89. The maximum absolute atomic E-state index is 11.8. The van der Waals surface area contributed by atoms with Crippen LogP contribution in [0.5, 0.6) is 0 Å². The number of hydrogen-bond acceptors (Lipinski definition) is 2. The summed E-state index contributed by atoms with van der Waals surface area (Å²) >= 11 is 5.54. The highest BCUT2D eigenvalue weighted by atomic mass is 127. The van der Waals surface area contributed by atoms with E-state index in [0.29, 0.717) is 5.56 Å². The van der Waals surface area contributed by atoms with Gasteiger partial charge in [0, 0.05) is 20.1 Å². The predicted octanol–water partition coefficient (Wildman–Crippen LogP) is 1.88. The summed E-state index contributed by atoms with van der Waals surface area (Å²) in [7, 11) is 0. The van der Waals surface area contributed by atoms with Gasteiger partial charge in [-0.3, -0.25) is 4.79 Å². The Hall–Kier alpha value is -0.140. The number of nitrogens with two attached hydrogens (primary N) is 1. The van der Waals surface area contributed by atoms with Gasteiger partial charge in [0.2, 0.25) is 0 Å². The third-order valence-electron chi connectivity index (χ3n) is 2.33. The molecule has 0 spiro atoms. The summed E-state index contributed by atoms with van der Waals surface area (Å²) in [6.45, 7) is 0. The summed E-state index contributed by atoms with van der Waals surface area (Å²) in [4.78, 5) is 11.8. The summed E-state index contributed by atoms with van der Waals surface area (Å²) in [5.41, 5.74) is 6.30. The molecule has 80 valence electrons. The zero-order valence-corrected chi connectivity index (χ0v) is 11.6. The van der Waals surface area contributed by atoms with Gasteiger partial charge in [-0.15, -0.1) is 0 Å². The highest BCUT2D eigenvalue weighted by Gasteiger charge is 2.35. The van der Waals surface area contributed by atoms with Crippen molar-refractivity contribution >= 4 is 44.4 Å². The Labute approximate surface area is 110 Å². The van der Waals surface area contributed by atoms with Crippen LogP contribution < -0.4 is 11.1 Å². The van der Waals surface area contributed by atoms with Gasteiger partial charge in [0.15, 0.2) is 0 Å². The lowest BCUT2D eigenvalue weighted by atomic mass is 10.2. The van der Waals surface area contributed by atoms with Gasteiger partial charge < -0.3 is 11.1 Å². The lowest BCUT2D eigenvalue weighted by Gasteiger charge is -2.06. The molecular formula is C10H10BrIN2O. The average molecular weight is 381 g/mol. The van der Waals surface area contributed by atoms with E-state index in [1.165, 1.54) is 0 Å². The number of rotatable bonds is 2. The van der Waals surface area contributed by atoms with Crippen LogP contribution in [0.1, 0.15) is 16.8 Å². The first kappa shape index (κ1) is 11.3. The summed E-state index contributed by atoms with van der Waals surface area (Å²) in [5.74, 6) is -0.0571. The normalized spacial score (nSPS) is 23.7. The van der Waals surface area contributed by atoms with Crippen LogP contribution in [0.15, 0.2) is 22.7 Å². The molecule has 2 unspecified atom stereocenters. The molecule has 1 amide bonds. The molecule has 2 atom stereocenters. The standard InChI is InChI=1S/C10H10BrIN2O/c11-7-2-1-5(12)3-6(7)10(15)14-9-4-8(9)13/h1-3,8-9H,4,13H2,(H,14,15). The van der Waals surface area contributed by atoms with Crippen LogP contribution in [0.25, 0.3) is 0 Å². The van der Waals surface area contributed by atoms with Crippen LogP contribution in [-0.4, -0.2) is 18.0 Å². The number of carbonyl (C=O) groups excluding carboxylic acids is 1. The van der Waals surface area contributed by atoms with Crippen LogP contribution >= 0.6 is 38.5 Å². The highest BCUT2D eigenvalue weighted by molar-refractivity contribution is 14.1. The molecule has 0 radical (unpaired) electrons. The molecule has 1 aliphatic carbocycles.